The van der Waals surface area contributed by atoms with Gasteiger partial charge >= 0.3 is 5.97 Å². The van der Waals surface area contributed by atoms with E-state index in [1.165, 1.54) is 32.1 Å². The summed E-state index contributed by atoms with van der Waals surface area (Å²) in [4.78, 5) is 38.2. The summed E-state index contributed by atoms with van der Waals surface area (Å²) in [6.07, 6.45) is 6.81. The molecule has 0 atom stereocenters. The number of halogens is 1. The lowest BCUT2D eigenvalue weighted by Crippen LogP contribution is -2.51. The molecule has 0 aromatic heterocycles. The number of nitrogens with zero attached hydrogens (tertiary/aromatic N) is 2. The van der Waals surface area contributed by atoms with E-state index in [1.54, 1.807) is 0 Å². The first-order valence-electron chi connectivity index (χ1n) is 8.53. The molecule has 1 saturated heterocycles. The van der Waals surface area contributed by atoms with Crippen molar-refractivity contribution in [2.75, 3.05) is 39.3 Å². The van der Waals surface area contributed by atoms with Crippen LogP contribution >= 0.6 is 12.4 Å². The maximum absolute atomic E-state index is 12.3. The van der Waals surface area contributed by atoms with Gasteiger partial charge in [-0.1, -0.05) is 19.3 Å². The third-order valence-corrected chi connectivity index (χ3v) is 4.72. The van der Waals surface area contributed by atoms with Crippen molar-refractivity contribution in [1.82, 2.24) is 15.1 Å². The number of carboxylic acid groups (broad SMARTS) is 1. The van der Waals surface area contributed by atoms with E-state index in [1.807, 2.05) is 9.80 Å². The maximum Gasteiger partial charge on any atom is 0.322 e. The summed E-state index contributed by atoms with van der Waals surface area (Å²) >= 11 is 0. The lowest BCUT2D eigenvalue weighted by molar-refractivity contribution is -0.138. The molecule has 0 spiro atoms. The van der Waals surface area contributed by atoms with Gasteiger partial charge in [0.25, 0.3) is 0 Å². The third-order valence-electron chi connectivity index (χ3n) is 4.72. The number of piperazine rings is 1. The van der Waals surface area contributed by atoms with Crippen LogP contribution in [0.5, 0.6) is 0 Å². The molecule has 1 aliphatic carbocycles. The van der Waals surface area contributed by atoms with Crippen LogP contribution in [-0.2, 0) is 14.4 Å². The molecule has 1 heterocycles. The normalized spacial score (nSPS) is 19.4. The molecule has 24 heavy (non-hydrogen) atoms. The molecule has 2 fully saturated rings. The van der Waals surface area contributed by atoms with Crippen molar-refractivity contribution in [2.24, 2.45) is 5.92 Å². The monoisotopic (exact) mass is 361 g/mol. The predicted molar refractivity (Wildman–Crippen MR) is 92.1 cm³/mol. The summed E-state index contributed by atoms with van der Waals surface area (Å²) < 4.78 is 0. The molecule has 2 aliphatic rings. The van der Waals surface area contributed by atoms with E-state index >= 15 is 0 Å². The van der Waals surface area contributed by atoms with E-state index in [2.05, 4.69) is 5.32 Å². The van der Waals surface area contributed by atoms with Gasteiger partial charge < -0.3 is 15.3 Å². The summed E-state index contributed by atoms with van der Waals surface area (Å²) in [6.45, 7) is 2.47. The van der Waals surface area contributed by atoms with Gasteiger partial charge in [-0.3, -0.25) is 19.3 Å². The molecular weight excluding hydrogens is 334 g/mol. The van der Waals surface area contributed by atoms with Crippen molar-refractivity contribution in [3.8, 4) is 0 Å². The van der Waals surface area contributed by atoms with E-state index in [4.69, 9.17) is 5.11 Å². The first-order chi connectivity index (χ1) is 11.0. The molecule has 2 rings (SSSR count). The number of carbonyl (C=O) groups excluding carboxylic acids is 2. The average Bonchev–Trinajstić information content (AvgIpc) is 2.54. The summed E-state index contributed by atoms with van der Waals surface area (Å²) in [6, 6.07) is 0. The van der Waals surface area contributed by atoms with Crippen molar-refractivity contribution < 1.29 is 19.5 Å². The van der Waals surface area contributed by atoms with Crippen LogP contribution in [0.25, 0.3) is 0 Å². The number of nitrogens with one attached hydrogen (secondary N) is 1. The molecule has 0 unspecified atom stereocenters. The molecule has 2 N–H and O–H groups in total. The zero-order valence-electron chi connectivity index (χ0n) is 14.0. The highest BCUT2D eigenvalue weighted by Crippen LogP contribution is 2.26. The fraction of sp³-hybridized carbons (Fsp3) is 0.812. The molecule has 0 bridgehead atoms. The Balaban J connectivity index is 0.00000288. The Bertz CT molecular complexity index is 433. The highest BCUT2D eigenvalue weighted by Gasteiger charge is 2.25. The van der Waals surface area contributed by atoms with Gasteiger partial charge in [0, 0.05) is 32.6 Å². The molecule has 2 amide bonds. The van der Waals surface area contributed by atoms with Gasteiger partial charge in [0.15, 0.2) is 0 Å². The topological polar surface area (TPSA) is 89.9 Å². The van der Waals surface area contributed by atoms with Gasteiger partial charge in [-0.15, -0.1) is 12.4 Å². The number of hydrogen-bond donors (Lipinski definition) is 2. The van der Waals surface area contributed by atoms with E-state index < -0.39 is 5.97 Å². The first-order valence-corrected chi connectivity index (χ1v) is 8.53. The number of hydrogen-bond acceptors (Lipinski definition) is 4. The molecule has 8 heteroatoms. The molecule has 0 aromatic rings. The van der Waals surface area contributed by atoms with E-state index in [0.29, 0.717) is 38.5 Å². The fourth-order valence-corrected chi connectivity index (χ4v) is 3.36. The molecule has 0 aromatic carbocycles. The van der Waals surface area contributed by atoms with Crippen molar-refractivity contribution in [2.45, 2.75) is 38.5 Å². The molecule has 0 radical (unpaired) electrons. The second-order valence-corrected chi connectivity index (χ2v) is 6.54. The van der Waals surface area contributed by atoms with Crippen LogP contribution in [0.3, 0.4) is 0 Å². The predicted octanol–water partition coefficient (Wildman–Crippen LogP) is 0.724. The highest BCUT2D eigenvalue weighted by molar-refractivity contribution is 5.85. The second-order valence-electron chi connectivity index (χ2n) is 6.54. The molecule has 1 saturated carbocycles. The largest absolute Gasteiger partial charge is 0.480 e. The van der Waals surface area contributed by atoms with Crippen molar-refractivity contribution in [3.05, 3.63) is 0 Å². The minimum Gasteiger partial charge on any atom is -0.480 e. The standard InChI is InChI=1S/C16H27N3O4.ClH/c20-14(17-11-16(22)23)12-18-6-8-19(9-7-18)15(21)10-13-4-2-1-3-5-13;/h13H,1-12H2,(H,17,20)(H,22,23);1H. The van der Waals surface area contributed by atoms with Gasteiger partial charge in [-0.25, -0.2) is 0 Å². The number of rotatable bonds is 6. The quantitative estimate of drug-likeness (QED) is 0.727. The molecule has 138 valence electrons. The van der Waals surface area contributed by atoms with Gasteiger partial charge in [0.05, 0.1) is 6.54 Å². The zero-order valence-corrected chi connectivity index (χ0v) is 14.9. The first kappa shape index (κ1) is 20.7. The zero-order chi connectivity index (χ0) is 16.7. The van der Waals surface area contributed by atoms with Gasteiger partial charge in [0.2, 0.25) is 11.8 Å². The second kappa shape index (κ2) is 10.5. The van der Waals surface area contributed by atoms with E-state index in [-0.39, 0.29) is 37.3 Å². The van der Waals surface area contributed by atoms with Crippen LogP contribution in [0.4, 0.5) is 0 Å². The smallest absolute Gasteiger partial charge is 0.322 e. The van der Waals surface area contributed by atoms with Crippen LogP contribution in [0, 0.1) is 5.92 Å². The lowest BCUT2D eigenvalue weighted by Gasteiger charge is -2.35. The van der Waals surface area contributed by atoms with Crippen molar-refractivity contribution in [3.63, 3.8) is 0 Å². The van der Waals surface area contributed by atoms with E-state index in [0.717, 1.165) is 0 Å². The molecule has 1 aliphatic heterocycles. The maximum atomic E-state index is 12.3. The Morgan fingerprint density at radius 3 is 2.21 bits per heavy atom. The minimum absolute atomic E-state index is 0. The third kappa shape index (κ3) is 7.05. The van der Waals surface area contributed by atoms with Crippen molar-refractivity contribution in [1.29, 1.82) is 0 Å². The van der Waals surface area contributed by atoms with Crippen LogP contribution in [0.15, 0.2) is 0 Å². The Hall–Kier alpha value is -1.34. The van der Waals surface area contributed by atoms with Crippen molar-refractivity contribution >= 4 is 30.2 Å². The average molecular weight is 362 g/mol. The van der Waals surface area contributed by atoms with Crippen LogP contribution < -0.4 is 5.32 Å². The Morgan fingerprint density at radius 2 is 1.62 bits per heavy atom. The van der Waals surface area contributed by atoms with Gasteiger partial charge in [-0.2, -0.15) is 0 Å². The van der Waals surface area contributed by atoms with Gasteiger partial charge in [-0.05, 0) is 18.8 Å². The Morgan fingerprint density at radius 1 is 1.00 bits per heavy atom. The highest BCUT2D eigenvalue weighted by atomic mass is 35.5. The molecule has 7 nitrogen and oxygen atoms in total. The van der Waals surface area contributed by atoms with Crippen LogP contribution in [-0.4, -0.2) is 72.0 Å². The summed E-state index contributed by atoms with van der Waals surface area (Å²) in [7, 11) is 0. The Kier molecular flexibility index (Phi) is 9.07. The SMILES string of the molecule is Cl.O=C(O)CNC(=O)CN1CCN(C(=O)CC2CCCCC2)CC1. The fourth-order valence-electron chi connectivity index (χ4n) is 3.36. The summed E-state index contributed by atoms with van der Waals surface area (Å²) in [5.74, 6) is -0.534. The minimum atomic E-state index is -1.04. The van der Waals surface area contributed by atoms with Crippen LogP contribution in [0.2, 0.25) is 0 Å². The number of carboxylic acids is 1. The molecular formula is C16H28ClN3O4. The summed E-state index contributed by atoms with van der Waals surface area (Å²) in [5, 5.41) is 10.9. The summed E-state index contributed by atoms with van der Waals surface area (Å²) in [5.41, 5.74) is 0. The lowest BCUT2D eigenvalue weighted by atomic mass is 9.86. The van der Waals surface area contributed by atoms with E-state index in [9.17, 15) is 14.4 Å². The number of amides is 2. The van der Waals surface area contributed by atoms with Crippen LogP contribution in [0.1, 0.15) is 38.5 Å². The number of aliphatic carboxylic acids is 1. The van der Waals surface area contributed by atoms with Gasteiger partial charge in [0.1, 0.15) is 6.54 Å². The number of carbonyl (C=O) groups is 3. The Labute approximate surface area is 149 Å².